The predicted octanol–water partition coefficient (Wildman–Crippen LogP) is 1.49. The van der Waals surface area contributed by atoms with Crippen LogP contribution in [-0.2, 0) is 4.79 Å². The number of fused-ring (bicyclic) bond motifs is 1. The second-order valence-corrected chi connectivity index (χ2v) is 7.83. The first kappa shape index (κ1) is 16.4. The van der Waals surface area contributed by atoms with Crippen LogP contribution in [-0.4, -0.2) is 57.9 Å². The van der Waals surface area contributed by atoms with Crippen LogP contribution in [0.3, 0.4) is 0 Å². The van der Waals surface area contributed by atoms with E-state index in [0.717, 1.165) is 44.0 Å². The number of aromatic nitrogens is 2. The minimum absolute atomic E-state index is 0.00729. The topological polar surface area (TPSA) is 57.9 Å². The van der Waals surface area contributed by atoms with Gasteiger partial charge >= 0.3 is 0 Å². The van der Waals surface area contributed by atoms with Crippen LogP contribution < -0.4 is 10.5 Å². The van der Waals surface area contributed by atoms with Gasteiger partial charge in [0.2, 0.25) is 5.91 Å². The summed E-state index contributed by atoms with van der Waals surface area (Å²) >= 11 is 1.91. The Bertz CT molecular complexity index is 831. The highest BCUT2D eigenvalue weighted by Crippen LogP contribution is 2.24. The number of rotatable bonds is 2. The molecule has 25 heavy (non-hydrogen) atoms. The van der Waals surface area contributed by atoms with Gasteiger partial charge in [0.15, 0.2) is 0 Å². The molecule has 2 aliphatic rings. The molecule has 2 aliphatic heterocycles. The zero-order chi connectivity index (χ0) is 17.2. The maximum atomic E-state index is 12.8. The average molecular weight is 358 g/mol. The number of hydrogen-bond acceptors (Lipinski definition) is 5. The Balaban J connectivity index is 1.55. The maximum Gasteiger partial charge on any atom is 0.259 e. The molecule has 0 aromatic carbocycles. The number of pyridine rings is 1. The van der Waals surface area contributed by atoms with Crippen molar-refractivity contribution in [1.29, 1.82) is 0 Å². The molecule has 1 atom stereocenters. The predicted molar refractivity (Wildman–Crippen MR) is 100 cm³/mol. The van der Waals surface area contributed by atoms with Gasteiger partial charge in [-0.25, -0.2) is 4.98 Å². The maximum absolute atomic E-state index is 12.8. The molecule has 0 spiro atoms. The molecule has 7 heteroatoms. The molecule has 2 aromatic rings. The zero-order valence-electron chi connectivity index (χ0n) is 14.1. The Kier molecular flexibility index (Phi) is 4.65. The minimum Gasteiger partial charge on any atom is -0.356 e. The van der Waals surface area contributed by atoms with Crippen LogP contribution in [0.2, 0.25) is 0 Å². The molecule has 1 unspecified atom stereocenters. The summed E-state index contributed by atoms with van der Waals surface area (Å²) in [4.78, 5) is 33.9. The largest absolute Gasteiger partial charge is 0.356 e. The van der Waals surface area contributed by atoms with Crippen molar-refractivity contribution in [2.45, 2.75) is 12.8 Å². The van der Waals surface area contributed by atoms with Crippen molar-refractivity contribution >= 4 is 29.1 Å². The van der Waals surface area contributed by atoms with Crippen molar-refractivity contribution in [1.82, 2.24) is 14.3 Å². The lowest BCUT2D eigenvalue weighted by molar-refractivity contribution is -0.135. The van der Waals surface area contributed by atoms with Crippen LogP contribution in [0.1, 0.15) is 12.8 Å². The number of amides is 1. The lowest BCUT2D eigenvalue weighted by atomic mass is 9.96. The lowest BCUT2D eigenvalue weighted by Crippen LogP contribution is -2.47. The van der Waals surface area contributed by atoms with E-state index < -0.39 is 0 Å². The van der Waals surface area contributed by atoms with E-state index in [1.807, 2.05) is 34.9 Å². The van der Waals surface area contributed by atoms with Crippen molar-refractivity contribution in [3.05, 3.63) is 40.8 Å². The van der Waals surface area contributed by atoms with Gasteiger partial charge in [0.1, 0.15) is 11.5 Å². The number of carbonyl (C=O) groups is 1. The molecule has 2 fully saturated rings. The van der Waals surface area contributed by atoms with E-state index in [1.54, 1.807) is 16.7 Å². The van der Waals surface area contributed by atoms with E-state index in [-0.39, 0.29) is 17.4 Å². The molecular formula is C18H22N4O2S. The lowest BCUT2D eigenvalue weighted by Gasteiger charge is -2.36. The third-order valence-corrected chi connectivity index (χ3v) is 5.92. The van der Waals surface area contributed by atoms with Gasteiger partial charge in [0, 0.05) is 49.9 Å². The summed E-state index contributed by atoms with van der Waals surface area (Å²) in [5.74, 6) is 3.02. The summed E-state index contributed by atoms with van der Waals surface area (Å²) < 4.78 is 1.54. The van der Waals surface area contributed by atoms with E-state index in [0.29, 0.717) is 18.0 Å². The number of thioether (sulfide) groups is 1. The van der Waals surface area contributed by atoms with E-state index in [1.165, 1.54) is 0 Å². The number of nitrogens with zero attached hydrogens (tertiary/aromatic N) is 4. The second-order valence-electron chi connectivity index (χ2n) is 6.60. The summed E-state index contributed by atoms with van der Waals surface area (Å²) in [5.41, 5.74) is 0.564. The number of anilines is 1. The highest BCUT2D eigenvalue weighted by atomic mass is 32.2. The first-order valence-corrected chi connectivity index (χ1v) is 9.98. The Morgan fingerprint density at radius 1 is 1.20 bits per heavy atom. The summed E-state index contributed by atoms with van der Waals surface area (Å²) in [6, 6.07) is 7.12. The normalized spacial score (nSPS) is 21.5. The summed E-state index contributed by atoms with van der Waals surface area (Å²) in [6.45, 7) is 3.21. The van der Waals surface area contributed by atoms with Gasteiger partial charge in [0.25, 0.3) is 5.56 Å². The van der Waals surface area contributed by atoms with Crippen LogP contribution in [0.4, 0.5) is 5.82 Å². The molecule has 0 N–H and O–H groups in total. The standard InChI is InChI=1S/C18H22N4O2S/c23-17-12-16(19-15-5-1-2-7-22(15)17)21-6-3-4-14(13-21)18(24)20-8-10-25-11-9-20/h1-2,5,7,12,14H,3-4,6,8-11,13H2. The molecule has 0 aliphatic carbocycles. The van der Waals surface area contributed by atoms with Gasteiger partial charge in [-0.2, -0.15) is 11.8 Å². The van der Waals surface area contributed by atoms with Crippen molar-refractivity contribution in [2.24, 2.45) is 5.92 Å². The van der Waals surface area contributed by atoms with Crippen LogP contribution in [0.25, 0.3) is 5.65 Å². The van der Waals surface area contributed by atoms with Crippen molar-refractivity contribution in [3.8, 4) is 0 Å². The third kappa shape index (κ3) is 3.38. The van der Waals surface area contributed by atoms with Crippen LogP contribution in [0.5, 0.6) is 0 Å². The first-order chi connectivity index (χ1) is 12.2. The van der Waals surface area contributed by atoms with Crippen LogP contribution >= 0.6 is 11.8 Å². The van der Waals surface area contributed by atoms with E-state index >= 15 is 0 Å². The molecule has 4 heterocycles. The molecule has 132 valence electrons. The molecule has 4 rings (SSSR count). The SMILES string of the molecule is O=C(C1CCCN(c2cc(=O)n3ccccc3n2)C1)N1CCSCC1. The third-order valence-electron chi connectivity index (χ3n) is 4.97. The van der Waals surface area contributed by atoms with Gasteiger partial charge in [-0.15, -0.1) is 0 Å². The van der Waals surface area contributed by atoms with Crippen molar-refractivity contribution in [3.63, 3.8) is 0 Å². The van der Waals surface area contributed by atoms with Crippen LogP contribution in [0.15, 0.2) is 35.3 Å². The van der Waals surface area contributed by atoms with Crippen molar-refractivity contribution < 1.29 is 4.79 Å². The van der Waals surface area contributed by atoms with Gasteiger partial charge in [-0.3, -0.25) is 14.0 Å². The number of hydrogen-bond donors (Lipinski definition) is 0. The molecule has 2 aromatic heterocycles. The monoisotopic (exact) mass is 358 g/mol. The quantitative estimate of drug-likeness (QED) is 0.814. The highest BCUT2D eigenvalue weighted by molar-refractivity contribution is 7.99. The van der Waals surface area contributed by atoms with E-state index in [9.17, 15) is 9.59 Å². The molecule has 1 amide bonds. The molecule has 2 saturated heterocycles. The molecule has 0 saturated carbocycles. The average Bonchev–Trinajstić information content (AvgIpc) is 2.68. The number of piperidine rings is 1. The Morgan fingerprint density at radius 3 is 2.88 bits per heavy atom. The van der Waals surface area contributed by atoms with Gasteiger partial charge < -0.3 is 9.80 Å². The minimum atomic E-state index is -0.0814. The Hall–Kier alpha value is -2.02. The van der Waals surface area contributed by atoms with Gasteiger partial charge in [-0.05, 0) is 25.0 Å². The molecule has 0 radical (unpaired) electrons. The fraction of sp³-hybridized carbons (Fsp3) is 0.500. The summed E-state index contributed by atoms with van der Waals surface area (Å²) in [7, 11) is 0. The Morgan fingerprint density at radius 2 is 2.04 bits per heavy atom. The first-order valence-electron chi connectivity index (χ1n) is 8.82. The van der Waals surface area contributed by atoms with Gasteiger partial charge in [-0.1, -0.05) is 6.07 Å². The zero-order valence-corrected chi connectivity index (χ0v) is 15.0. The molecule has 6 nitrogen and oxygen atoms in total. The van der Waals surface area contributed by atoms with Crippen molar-refractivity contribution in [2.75, 3.05) is 42.6 Å². The molecule has 0 bridgehead atoms. The number of carbonyl (C=O) groups excluding carboxylic acids is 1. The summed E-state index contributed by atoms with van der Waals surface area (Å²) in [5, 5.41) is 0. The van der Waals surface area contributed by atoms with E-state index in [4.69, 9.17) is 0 Å². The van der Waals surface area contributed by atoms with Crippen LogP contribution in [0, 0.1) is 5.92 Å². The summed E-state index contributed by atoms with van der Waals surface area (Å²) in [6.07, 6.45) is 3.60. The van der Waals surface area contributed by atoms with E-state index in [2.05, 4.69) is 9.88 Å². The highest BCUT2D eigenvalue weighted by Gasteiger charge is 2.30. The molecular weight excluding hydrogens is 336 g/mol. The Labute approximate surface area is 150 Å². The fourth-order valence-corrected chi connectivity index (χ4v) is 4.53. The van der Waals surface area contributed by atoms with Gasteiger partial charge in [0.05, 0.1) is 5.92 Å². The smallest absolute Gasteiger partial charge is 0.259 e. The second kappa shape index (κ2) is 7.07. The fourth-order valence-electron chi connectivity index (χ4n) is 3.63.